The van der Waals surface area contributed by atoms with Crippen molar-refractivity contribution in [3.8, 4) is 0 Å². The van der Waals surface area contributed by atoms with Crippen LogP contribution in [-0.4, -0.2) is 45.9 Å². The van der Waals surface area contributed by atoms with Crippen LogP contribution < -0.4 is 10.5 Å². The number of nitrogens with two attached hydrogens (primary N) is 1. The maximum absolute atomic E-state index is 12.2. The number of benzene rings is 1. The number of furan rings is 1. The van der Waals surface area contributed by atoms with Gasteiger partial charge < -0.3 is 14.6 Å². The molecule has 0 radical (unpaired) electrons. The van der Waals surface area contributed by atoms with Crippen LogP contribution in [0.2, 0.25) is 0 Å². The molecule has 0 aliphatic heterocycles. The van der Waals surface area contributed by atoms with Crippen LogP contribution in [-0.2, 0) is 10.0 Å². The molecule has 0 spiro atoms. The van der Waals surface area contributed by atoms with Crippen LogP contribution in [0.3, 0.4) is 0 Å². The molecule has 1 amide bonds. The molecule has 24 heavy (non-hydrogen) atoms. The molecule has 2 rings (SSSR count). The van der Waals surface area contributed by atoms with E-state index in [1.165, 1.54) is 24.3 Å². The molecule has 0 fully saturated rings. The second-order valence-corrected chi connectivity index (χ2v) is 7.74. The summed E-state index contributed by atoms with van der Waals surface area (Å²) in [6.07, 6.45) is 1.84. The van der Waals surface area contributed by atoms with Crippen molar-refractivity contribution in [2.75, 3.05) is 20.6 Å². The van der Waals surface area contributed by atoms with Crippen LogP contribution in [0.15, 0.2) is 33.6 Å². The van der Waals surface area contributed by atoms with Gasteiger partial charge in [0.2, 0.25) is 10.0 Å². The number of nitrogens with zero attached hydrogens (tertiary/aromatic N) is 1. The van der Waals surface area contributed by atoms with Crippen LogP contribution in [0.1, 0.15) is 30.3 Å². The Morgan fingerprint density at radius 1 is 1.33 bits per heavy atom. The third-order valence-corrected chi connectivity index (χ3v) is 4.57. The molecule has 132 valence electrons. The monoisotopic (exact) mass is 353 g/mol. The summed E-state index contributed by atoms with van der Waals surface area (Å²) in [5.74, 6) is -0.170. The van der Waals surface area contributed by atoms with Crippen LogP contribution in [0.4, 0.5) is 0 Å². The van der Waals surface area contributed by atoms with Gasteiger partial charge >= 0.3 is 0 Å². The van der Waals surface area contributed by atoms with E-state index >= 15 is 0 Å². The summed E-state index contributed by atoms with van der Waals surface area (Å²) in [6, 6.07) is 5.78. The van der Waals surface area contributed by atoms with Crippen LogP contribution in [0.25, 0.3) is 11.0 Å². The van der Waals surface area contributed by atoms with E-state index in [9.17, 15) is 13.2 Å². The average Bonchev–Trinajstić information content (AvgIpc) is 2.88. The van der Waals surface area contributed by atoms with Crippen LogP contribution >= 0.6 is 0 Å². The fourth-order valence-electron chi connectivity index (χ4n) is 2.39. The number of hydrogen-bond acceptors (Lipinski definition) is 5. The molecule has 2 aromatic rings. The van der Waals surface area contributed by atoms with E-state index in [1.807, 2.05) is 21.0 Å². The lowest BCUT2D eigenvalue weighted by molar-refractivity contribution is 0.0911. The quantitative estimate of drug-likeness (QED) is 0.785. The van der Waals surface area contributed by atoms with E-state index in [4.69, 9.17) is 9.56 Å². The fraction of sp³-hybridized carbons (Fsp3) is 0.438. The molecule has 1 heterocycles. The lowest BCUT2D eigenvalue weighted by atomic mass is 10.1. The van der Waals surface area contributed by atoms with Gasteiger partial charge in [0.05, 0.1) is 4.90 Å². The van der Waals surface area contributed by atoms with E-state index < -0.39 is 10.0 Å². The Bertz CT molecular complexity index is 827. The largest absolute Gasteiger partial charge is 0.451 e. The van der Waals surface area contributed by atoms with Crippen molar-refractivity contribution in [1.29, 1.82) is 0 Å². The summed E-state index contributed by atoms with van der Waals surface area (Å²) >= 11 is 0. The Kier molecular flexibility index (Phi) is 5.63. The second-order valence-electron chi connectivity index (χ2n) is 6.18. The number of fused-ring (bicyclic) bond motifs is 1. The number of amides is 1. The van der Waals surface area contributed by atoms with E-state index in [1.54, 1.807) is 0 Å². The molecule has 0 aliphatic carbocycles. The van der Waals surface area contributed by atoms with E-state index in [0.717, 1.165) is 19.4 Å². The van der Waals surface area contributed by atoms with Crippen LogP contribution in [0, 0.1) is 0 Å². The van der Waals surface area contributed by atoms with Gasteiger partial charge in [-0.2, -0.15) is 0 Å². The molecule has 1 unspecified atom stereocenters. The summed E-state index contributed by atoms with van der Waals surface area (Å²) in [6.45, 7) is 2.90. The molecule has 0 saturated carbocycles. The second kappa shape index (κ2) is 7.33. The fourth-order valence-corrected chi connectivity index (χ4v) is 2.94. The molecular weight excluding hydrogens is 330 g/mol. The lowest BCUT2D eigenvalue weighted by Gasteiger charge is -2.14. The van der Waals surface area contributed by atoms with E-state index in [0.29, 0.717) is 11.0 Å². The van der Waals surface area contributed by atoms with Crippen molar-refractivity contribution in [3.63, 3.8) is 0 Å². The van der Waals surface area contributed by atoms with Gasteiger partial charge in [0.1, 0.15) is 5.58 Å². The highest BCUT2D eigenvalue weighted by molar-refractivity contribution is 7.89. The molecule has 8 heteroatoms. The van der Waals surface area contributed by atoms with Crippen molar-refractivity contribution >= 4 is 26.9 Å². The molecular formula is C16H23N3O4S. The predicted octanol–water partition coefficient (Wildman–Crippen LogP) is 1.54. The molecule has 3 N–H and O–H groups in total. The average molecular weight is 353 g/mol. The first kappa shape index (κ1) is 18.4. The van der Waals surface area contributed by atoms with Gasteiger partial charge in [-0.1, -0.05) is 0 Å². The Hall–Kier alpha value is -1.90. The summed E-state index contributed by atoms with van der Waals surface area (Å²) in [4.78, 5) is 14.3. The lowest BCUT2D eigenvalue weighted by Crippen LogP contribution is -2.32. The zero-order valence-electron chi connectivity index (χ0n) is 14.1. The summed E-state index contributed by atoms with van der Waals surface area (Å²) in [7, 11) is 0.227. The first-order valence-corrected chi connectivity index (χ1v) is 9.23. The highest BCUT2D eigenvalue weighted by atomic mass is 32.2. The molecule has 1 atom stereocenters. The predicted molar refractivity (Wildman–Crippen MR) is 92.3 cm³/mol. The van der Waals surface area contributed by atoms with Gasteiger partial charge in [0, 0.05) is 11.4 Å². The minimum absolute atomic E-state index is 0.0141. The van der Waals surface area contributed by atoms with Crippen molar-refractivity contribution in [1.82, 2.24) is 10.2 Å². The number of primary sulfonamides is 1. The van der Waals surface area contributed by atoms with Gasteiger partial charge in [-0.15, -0.1) is 0 Å². The van der Waals surface area contributed by atoms with Gasteiger partial charge in [-0.25, -0.2) is 13.6 Å². The van der Waals surface area contributed by atoms with Gasteiger partial charge in [-0.3, -0.25) is 4.79 Å². The molecule has 1 aromatic carbocycles. The van der Waals surface area contributed by atoms with E-state index in [2.05, 4.69) is 10.2 Å². The van der Waals surface area contributed by atoms with Gasteiger partial charge in [-0.05, 0) is 64.7 Å². The summed E-state index contributed by atoms with van der Waals surface area (Å²) in [5.41, 5.74) is 0.438. The SMILES string of the molecule is CC(CCCN(C)C)NC(=O)c1cc2cc(S(N)(=O)=O)ccc2o1. The van der Waals surface area contributed by atoms with Gasteiger partial charge in [0.25, 0.3) is 5.91 Å². The zero-order valence-corrected chi connectivity index (χ0v) is 14.9. The maximum atomic E-state index is 12.2. The highest BCUT2D eigenvalue weighted by Crippen LogP contribution is 2.22. The maximum Gasteiger partial charge on any atom is 0.287 e. The minimum atomic E-state index is -3.79. The van der Waals surface area contributed by atoms with Crippen LogP contribution in [0.5, 0.6) is 0 Å². The summed E-state index contributed by atoms with van der Waals surface area (Å²) < 4.78 is 28.2. The molecule has 0 aliphatic rings. The van der Waals surface area contributed by atoms with Crippen molar-refractivity contribution < 1.29 is 17.6 Å². The van der Waals surface area contributed by atoms with Crippen molar-refractivity contribution in [2.45, 2.75) is 30.7 Å². The first-order valence-electron chi connectivity index (χ1n) is 7.69. The Labute approximate surface area is 141 Å². The summed E-state index contributed by atoms with van der Waals surface area (Å²) in [5, 5.41) is 8.51. The zero-order chi connectivity index (χ0) is 17.9. The first-order chi connectivity index (χ1) is 11.2. The van der Waals surface area contributed by atoms with Gasteiger partial charge in [0.15, 0.2) is 5.76 Å². The van der Waals surface area contributed by atoms with Crippen molar-refractivity contribution in [2.24, 2.45) is 5.14 Å². The topological polar surface area (TPSA) is 106 Å². The standard InChI is InChI=1S/C16H23N3O4S/c1-11(5-4-8-19(2)3)18-16(20)15-10-12-9-13(24(17,21)22)6-7-14(12)23-15/h6-7,9-11H,4-5,8H2,1-3H3,(H,18,20)(H2,17,21,22). The number of sulfonamides is 1. The Morgan fingerprint density at radius 2 is 2.04 bits per heavy atom. The number of hydrogen-bond donors (Lipinski definition) is 2. The number of carbonyl (C=O) groups excluding carboxylic acids is 1. The normalized spacial score (nSPS) is 13.4. The third kappa shape index (κ3) is 4.80. The number of rotatable bonds is 7. The Balaban J connectivity index is 2.07. The number of nitrogens with one attached hydrogen (secondary N) is 1. The number of carbonyl (C=O) groups is 1. The molecule has 0 saturated heterocycles. The molecule has 7 nitrogen and oxygen atoms in total. The third-order valence-electron chi connectivity index (χ3n) is 3.66. The molecule has 0 bridgehead atoms. The Morgan fingerprint density at radius 3 is 2.67 bits per heavy atom. The van der Waals surface area contributed by atoms with E-state index in [-0.39, 0.29) is 22.6 Å². The van der Waals surface area contributed by atoms with Crippen molar-refractivity contribution in [3.05, 3.63) is 30.0 Å². The molecule has 1 aromatic heterocycles. The smallest absolute Gasteiger partial charge is 0.287 e. The minimum Gasteiger partial charge on any atom is -0.451 e. The highest BCUT2D eigenvalue weighted by Gasteiger charge is 2.16.